The van der Waals surface area contributed by atoms with Crippen LogP contribution in [-0.4, -0.2) is 46.2 Å². The Hall–Kier alpha value is -1.10. The highest BCUT2D eigenvalue weighted by molar-refractivity contribution is 5.69. The molecule has 0 aliphatic heterocycles. The fourth-order valence-electron chi connectivity index (χ4n) is 2.36. The molecule has 98 valence electrons. The number of rotatable bonds is 7. The van der Waals surface area contributed by atoms with Gasteiger partial charge in [-0.3, -0.25) is 14.5 Å². The zero-order valence-corrected chi connectivity index (χ0v) is 10.3. The molecule has 0 heterocycles. The Kier molecular flexibility index (Phi) is 5.41. The quantitative estimate of drug-likeness (QED) is 0.707. The highest BCUT2D eigenvalue weighted by atomic mass is 16.4. The highest BCUT2D eigenvalue weighted by Crippen LogP contribution is 2.24. The van der Waals surface area contributed by atoms with Gasteiger partial charge in [0.25, 0.3) is 0 Å². The molecule has 0 amide bonds. The van der Waals surface area contributed by atoms with Crippen molar-refractivity contribution >= 4 is 11.9 Å². The molecule has 1 atom stereocenters. The fourth-order valence-corrected chi connectivity index (χ4v) is 2.36. The molecular weight excluding hydrogens is 222 g/mol. The number of hydrogen-bond acceptors (Lipinski definition) is 3. The van der Waals surface area contributed by atoms with Crippen molar-refractivity contribution < 1.29 is 19.8 Å². The first-order valence-electron chi connectivity index (χ1n) is 6.19. The van der Waals surface area contributed by atoms with Gasteiger partial charge in [-0.2, -0.15) is 0 Å². The summed E-state index contributed by atoms with van der Waals surface area (Å²) >= 11 is 0. The average Bonchev–Trinajstić information content (AvgIpc) is 2.76. The normalized spacial score (nSPS) is 18.5. The summed E-state index contributed by atoms with van der Waals surface area (Å²) in [5.74, 6) is -2.08. The molecule has 5 nitrogen and oxygen atoms in total. The lowest BCUT2D eigenvalue weighted by Crippen LogP contribution is -2.39. The van der Waals surface area contributed by atoms with Gasteiger partial charge >= 0.3 is 11.9 Å². The Morgan fingerprint density at radius 2 is 1.88 bits per heavy atom. The zero-order valence-electron chi connectivity index (χ0n) is 10.3. The van der Waals surface area contributed by atoms with Crippen LogP contribution >= 0.6 is 0 Å². The van der Waals surface area contributed by atoms with Crippen LogP contribution in [0.1, 0.15) is 39.0 Å². The standard InChI is InChI=1S/C12H21NO4/c1-9(12(16)17)8-13(7-6-11(14)15)10-4-2-3-5-10/h9-10H,2-8H2,1H3,(H,14,15)(H,16,17). The summed E-state index contributed by atoms with van der Waals surface area (Å²) in [6.07, 6.45) is 4.53. The van der Waals surface area contributed by atoms with Crippen molar-refractivity contribution in [2.24, 2.45) is 5.92 Å². The summed E-state index contributed by atoms with van der Waals surface area (Å²) in [5.41, 5.74) is 0. The smallest absolute Gasteiger partial charge is 0.307 e. The molecule has 5 heteroatoms. The van der Waals surface area contributed by atoms with Crippen LogP contribution < -0.4 is 0 Å². The van der Waals surface area contributed by atoms with Crippen LogP contribution in [0.4, 0.5) is 0 Å². The van der Waals surface area contributed by atoms with Crippen molar-refractivity contribution in [1.29, 1.82) is 0 Å². The molecule has 0 spiro atoms. The minimum absolute atomic E-state index is 0.0861. The number of nitrogens with zero attached hydrogens (tertiary/aromatic N) is 1. The van der Waals surface area contributed by atoms with Crippen LogP contribution in [0.15, 0.2) is 0 Å². The maximum absolute atomic E-state index is 10.8. The summed E-state index contributed by atoms with van der Waals surface area (Å²) in [5, 5.41) is 17.6. The molecule has 0 bridgehead atoms. The van der Waals surface area contributed by atoms with E-state index in [1.165, 1.54) is 0 Å². The SMILES string of the molecule is CC(CN(CCC(=O)O)C1CCCC1)C(=O)O. The molecule has 0 aromatic carbocycles. The van der Waals surface area contributed by atoms with E-state index in [9.17, 15) is 9.59 Å². The third-order valence-electron chi connectivity index (χ3n) is 3.38. The van der Waals surface area contributed by atoms with E-state index >= 15 is 0 Å². The van der Waals surface area contributed by atoms with Gasteiger partial charge in [0, 0.05) is 19.1 Å². The Morgan fingerprint density at radius 3 is 2.35 bits per heavy atom. The topological polar surface area (TPSA) is 77.8 Å². The third-order valence-corrected chi connectivity index (χ3v) is 3.38. The number of aliphatic carboxylic acids is 2. The van der Waals surface area contributed by atoms with Crippen LogP contribution in [0.25, 0.3) is 0 Å². The van der Waals surface area contributed by atoms with Crippen molar-refractivity contribution in [2.75, 3.05) is 13.1 Å². The van der Waals surface area contributed by atoms with E-state index in [1.54, 1.807) is 6.92 Å². The first-order chi connectivity index (χ1) is 8.00. The molecular formula is C12H21NO4. The molecule has 0 saturated heterocycles. The van der Waals surface area contributed by atoms with E-state index < -0.39 is 17.9 Å². The molecule has 1 rings (SSSR count). The van der Waals surface area contributed by atoms with Gasteiger partial charge < -0.3 is 10.2 Å². The van der Waals surface area contributed by atoms with Crippen LogP contribution in [0, 0.1) is 5.92 Å². The molecule has 1 aliphatic carbocycles. The van der Waals surface area contributed by atoms with Gasteiger partial charge in [0.05, 0.1) is 12.3 Å². The monoisotopic (exact) mass is 243 g/mol. The minimum atomic E-state index is -0.823. The molecule has 1 fully saturated rings. The minimum Gasteiger partial charge on any atom is -0.481 e. The van der Waals surface area contributed by atoms with E-state index in [1.807, 2.05) is 4.90 Å². The van der Waals surface area contributed by atoms with Crippen molar-refractivity contribution in [3.8, 4) is 0 Å². The molecule has 0 aromatic heterocycles. The van der Waals surface area contributed by atoms with Crippen molar-refractivity contribution in [1.82, 2.24) is 4.90 Å². The average molecular weight is 243 g/mol. The number of hydrogen-bond donors (Lipinski definition) is 2. The largest absolute Gasteiger partial charge is 0.481 e. The van der Waals surface area contributed by atoms with Gasteiger partial charge in [0.1, 0.15) is 0 Å². The third kappa shape index (κ3) is 4.73. The summed E-state index contributed by atoms with van der Waals surface area (Å²) in [6, 6.07) is 0.371. The van der Waals surface area contributed by atoms with Gasteiger partial charge in [0.15, 0.2) is 0 Å². The van der Waals surface area contributed by atoms with Gasteiger partial charge in [-0.25, -0.2) is 0 Å². The van der Waals surface area contributed by atoms with E-state index in [4.69, 9.17) is 10.2 Å². The van der Waals surface area contributed by atoms with Gasteiger partial charge in [-0.1, -0.05) is 19.8 Å². The van der Waals surface area contributed by atoms with Crippen molar-refractivity contribution in [2.45, 2.75) is 45.1 Å². The zero-order chi connectivity index (χ0) is 12.8. The van der Waals surface area contributed by atoms with Gasteiger partial charge in [-0.05, 0) is 12.8 Å². The first kappa shape index (κ1) is 14.0. The fraction of sp³-hybridized carbons (Fsp3) is 0.833. The Labute approximate surface area is 101 Å². The lowest BCUT2D eigenvalue weighted by atomic mass is 10.1. The van der Waals surface area contributed by atoms with Crippen molar-refractivity contribution in [3.05, 3.63) is 0 Å². The van der Waals surface area contributed by atoms with Crippen LogP contribution in [-0.2, 0) is 9.59 Å². The summed E-state index contributed by atoms with van der Waals surface area (Å²) in [6.45, 7) is 2.58. The number of carboxylic acids is 2. The molecule has 2 N–H and O–H groups in total. The second-order valence-corrected chi connectivity index (χ2v) is 4.82. The number of carboxylic acid groups (broad SMARTS) is 2. The molecule has 1 unspecified atom stereocenters. The highest BCUT2D eigenvalue weighted by Gasteiger charge is 2.25. The molecule has 1 saturated carbocycles. The molecule has 0 aromatic rings. The van der Waals surface area contributed by atoms with E-state index in [-0.39, 0.29) is 6.42 Å². The van der Waals surface area contributed by atoms with E-state index in [0.29, 0.717) is 19.1 Å². The summed E-state index contributed by atoms with van der Waals surface area (Å²) < 4.78 is 0. The first-order valence-corrected chi connectivity index (χ1v) is 6.19. The molecule has 1 aliphatic rings. The second kappa shape index (κ2) is 6.59. The van der Waals surface area contributed by atoms with Crippen LogP contribution in [0.5, 0.6) is 0 Å². The van der Waals surface area contributed by atoms with E-state index in [2.05, 4.69) is 0 Å². The second-order valence-electron chi connectivity index (χ2n) is 4.82. The van der Waals surface area contributed by atoms with Gasteiger partial charge in [-0.15, -0.1) is 0 Å². The summed E-state index contributed by atoms with van der Waals surface area (Å²) in [4.78, 5) is 23.5. The Morgan fingerprint density at radius 1 is 1.29 bits per heavy atom. The predicted octanol–water partition coefficient (Wildman–Crippen LogP) is 1.43. The van der Waals surface area contributed by atoms with Crippen molar-refractivity contribution in [3.63, 3.8) is 0 Å². The predicted molar refractivity (Wildman–Crippen MR) is 62.9 cm³/mol. The van der Waals surface area contributed by atoms with E-state index in [0.717, 1.165) is 25.7 Å². The Balaban J connectivity index is 2.51. The molecule has 17 heavy (non-hydrogen) atoms. The number of carbonyl (C=O) groups is 2. The maximum Gasteiger partial charge on any atom is 0.307 e. The van der Waals surface area contributed by atoms with Crippen LogP contribution in [0.2, 0.25) is 0 Å². The van der Waals surface area contributed by atoms with Gasteiger partial charge in [0.2, 0.25) is 0 Å². The van der Waals surface area contributed by atoms with Crippen LogP contribution in [0.3, 0.4) is 0 Å². The maximum atomic E-state index is 10.8. The Bertz CT molecular complexity index is 274. The lowest BCUT2D eigenvalue weighted by Gasteiger charge is -2.29. The lowest BCUT2D eigenvalue weighted by molar-refractivity contribution is -0.141. The summed E-state index contributed by atoms with van der Waals surface area (Å²) in [7, 11) is 0. The molecule has 0 radical (unpaired) electrons.